The molecule has 3 heteroatoms. The van der Waals surface area contributed by atoms with Gasteiger partial charge in [0.05, 0.1) is 18.5 Å². The molecule has 1 aromatic heterocycles. The maximum atomic E-state index is 8.77. The second-order valence-electron chi connectivity index (χ2n) is 3.48. The van der Waals surface area contributed by atoms with E-state index in [-0.39, 0.29) is 12.0 Å². The van der Waals surface area contributed by atoms with Gasteiger partial charge in [0.2, 0.25) is 0 Å². The number of hydrogen-bond donors (Lipinski definition) is 2. The Morgan fingerprint density at radius 2 is 2.45 bits per heavy atom. The first kappa shape index (κ1) is 6.85. The molecule has 0 radical (unpaired) electrons. The van der Waals surface area contributed by atoms with Crippen molar-refractivity contribution in [3.8, 4) is 0 Å². The van der Waals surface area contributed by atoms with Gasteiger partial charge in [-0.15, -0.1) is 0 Å². The van der Waals surface area contributed by atoms with Crippen LogP contribution in [0.25, 0.3) is 0 Å². The van der Waals surface area contributed by atoms with Crippen LogP contribution in [0, 0.1) is 0 Å². The zero-order valence-electron chi connectivity index (χ0n) is 6.59. The van der Waals surface area contributed by atoms with Crippen LogP contribution < -0.4 is 0 Å². The lowest BCUT2D eigenvalue weighted by Crippen LogP contribution is -2.02. The van der Waals surface area contributed by atoms with Crippen molar-refractivity contribution in [2.45, 2.75) is 31.8 Å². The van der Waals surface area contributed by atoms with Crippen molar-refractivity contribution in [2.24, 2.45) is 0 Å². The van der Waals surface area contributed by atoms with Gasteiger partial charge < -0.3 is 10.1 Å². The molecule has 11 heavy (non-hydrogen) atoms. The summed E-state index contributed by atoms with van der Waals surface area (Å²) in [6, 6.07) is 0. The van der Waals surface area contributed by atoms with Crippen LogP contribution in [0.4, 0.5) is 0 Å². The van der Waals surface area contributed by atoms with Crippen LogP contribution in [-0.4, -0.2) is 15.1 Å². The molecule has 1 aromatic rings. The highest BCUT2D eigenvalue weighted by molar-refractivity contribution is 5.17. The second kappa shape index (κ2) is 2.08. The molecule has 0 spiro atoms. The van der Waals surface area contributed by atoms with Crippen LogP contribution >= 0.6 is 0 Å². The SMILES string of the molecule is CC1(c2ncc(CO)[nH]2)CC1. The fourth-order valence-corrected chi connectivity index (χ4v) is 1.17. The van der Waals surface area contributed by atoms with Crippen LogP contribution in [0.5, 0.6) is 0 Å². The Balaban J connectivity index is 2.25. The smallest absolute Gasteiger partial charge is 0.112 e. The molecule has 1 heterocycles. The molecule has 0 bridgehead atoms. The Morgan fingerprint density at radius 3 is 2.91 bits per heavy atom. The van der Waals surface area contributed by atoms with E-state index in [0.29, 0.717) is 0 Å². The highest BCUT2D eigenvalue weighted by Gasteiger charge is 2.41. The summed E-state index contributed by atoms with van der Waals surface area (Å²) in [5.41, 5.74) is 1.10. The topological polar surface area (TPSA) is 48.9 Å². The molecule has 0 amide bonds. The van der Waals surface area contributed by atoms with Gasteiger partial charge in [-0.3, -0.25) is 0 Å². The molecule has 0 saturated heterocycles. The van der Waals surface area contributed by atoms with E-state index < -0.39 is 0 Å². The predicted octanol–water partition coefficient (Wildman–Crippen LogP) is 0.953. The van der Waals surface area contributed by atoms with Gasteiger partial charge in [0, 0.05) is 5.41 Å². The lowest BCUT2D eigenvalue weighted by Gasteiger charge is -2.01. The van der Waals surface area contributed by atoms with Crippen molar-refractivity contribution >= 4 is 0 Å². The third-order valence-corrected chi connectivity index (χ3v) is 2.37. The zero-order chi connectivity index (χ0) is 7.90. The van der Waals surface area contributed by atoms with E-state index in [0.717, 1.165) is 11.5 Å². The highest BCUT2D eigenvalue weighted by Crippen LogP contribution is 2.45. The van der Waals surface area contributed by atoms with Gasteiger partial charge in [-0.25, -0.2) is 4.98 Å². The van der Waals surface area contributed by atoms with Gasteiger partial charge in [0.1, 0.15) is 5.82 Å². The van der Waals surface area contributed by atoms with Gasteiger partial charge in [-0.2, -0.15) is 0 Å². The molecule has 3 nitrogen and oxygen atoms in total. The summed E-state index contributed by atoms with van der Waals surface area (Å²) in [5, 5.41) is 8.77. The van der Waals surface area contributed by atoms with Gasteiger partial charge in [-0.05, 0) is 12.8 Å². The van der Waals surface area contributed by atoms with E-state index in [4.69, 9.17) is 5.11 Å². The lowest BCUT2D eigenvalue weighted by atomic mass is 10.1. The van der Waals surface area contributed by atoms with Crippen molar-refractivity contribution in [3.05, 3.63) is 17.7 Å². The number of aliphatic hydroxyl groups is 1. The molecule has 1 aliphatic carbocycles. The molecule has 2 rings (SSSR count). The molecule has 1 aliphatic rings. The van der Waals surface area contributed by atoms with E-state index in [1.807, 2.05) is 0 Å². The number of H-pyrrole nitrogens is 1. The van der Waals surface area contributed by atoms with Crippen molar-refractivity contribution < 1.29 is 5.11 Å². The molecular weight excluding hydrogens is 140 g/mol. The third kappa shape index (κ3) is 1.05. The van der Waals surface area contributed by atoms with Gasteiger partial charge in [-0.1, -0.05) is 6.92 Å². The van der Waals surface area contributed by atoms with Crippen LogP contribution in [0.3, 0.4) is 0 Å². The first-order valence-corrected chi connectivity index (χ1v) is 3.90. The standard InChI is InChI=1S/C8H12N2O/c1-8(2-3-8)7-9-4-6(5-11)10-7/h4,11H,2-3,5H2,1H3,(H,9,10). The van der Waals surface area contributed by atoms with Crippen LogP contribution in [0.2, 0.25) is 0 Å². The molecule has 0 unspecified atom stereocenters. The largest absolute Gasteiger partial charge is 0.390 e. The van der Waals surface area contributed by atoms with E-state index in [2.05, 4.69) is 16.9 Å². The minimum Gasteiger partial charge on any atom is -0.390 e. The average Bonchev–Trinajstić information content (AvgIpc) is 2.61. The van der Waals surface area contributed by atoms with Crippen LogP contribution in [0.15, 0.2) is 6.20 Å². The minimum absolute atomic E-state index is 0.0586. The molecule has 0 atom stereocenters. The second-order valence-corrected chi connectivity index (χ2v) is 3.48. The number of rotatable bonds is 2. The number of nitrogens with zero attached hydrogens (tertiary/aromatic N) is 1. The summed E-state index contributed by atoms with van der Waals surface area (Å²) >= 11 is 0. The van der Waals surface area contributed by atoms with E-state index >= 15 is 0 Å². The van der Waals surface area contributed by atoms with Gasteiger partial charge in [0.15, 0.2) is 0 Å². The third-order valence-electron chi connectivity index (χ3n) is 2.37. The molecule has 2 N–H and O–H groups in total. The number of nitrogens with one attached hydrogen (secondary N) is 1. The summed E-state index contributed by atoms with van der Waals surface area (Å²) in [6.07, 6.45) is 4.13. The van der Waals surface area contributed by atoms with Crippen molar-refractivity contribution in [3.63, 3.8) is 0 Å². The average molecular weight is 152 g/mol. The first-order valence-electron chi connectivity index (χ1n) is 3.90. The fourth-order valence-electron chi connectivity index (χ4n) is 1.17. The van der Waals surface area contributed by atoms with E-state index in [9.17, 15) is 0 Å². The number of aliphatic hydroxyl groups excluding tert-OH is 1. The molecule has 0 aliphatic heterocycles. The van der Waals surface area contributed by atoms with Crippen LogP contribution in [-0.2, 0) is 12.0 Å². The van der Waals surface area contributed by atoms with Crippen LogP contribution in [0.1, 0.15) is 31.3 Å². The van der Waals surface area contributed by atoms with E-state index in [1.165, 1.54) is 12.8 Å². The zero-order valence-corrected chi connectivity index (χ0v) is 6.59. The maximum absolute atomic E-state index is 8.77. The summed E-state index contributed by atoms with van der Waals surface area (Å²) in [7, 11) is 0. The monoisotopic (exact) mass is 152 g/mol. The summed E-state index contributed by atoms with van der Waals surface area (Å²) < 4.78 is 0. The summed E-state index contributed by atoms with van der Waals surface area (Å²) in [5.74, 6) is 1.03. The van der Waals surface area contributed by atoms with Crippen molar-refractivity contribution in [1.82, 2.24) is 9.97 Å². The van der Waals surface area contributed by atoms with Crippen molar-refractivity contribution in [2.75, 3.05) is 0 Å². The molecule has 60 valence electrons. The maximum Gasteiger partial charge on any atom is 0.112 e. The number of aromatic nitrogens is 2. The van der Waals surface area contributed by atoms with Crippen molar-refractivity contribution in [1.29, 1.82) is 0 Å². The number of hydrogen-bond acceptors (Lipinski definition) is 2. The minimum atomic E-state index is 0.0586. The lowest BCUT2D eigenvalue weighted by molar-refractivity contribution is 0.277. The van der Waals surface area contributed by atoms with Gasteiger partial charge in [0.25, 0.3) is 0 Å². The van der Waals surface area contributed by atoms with Gasteiger partial charge >= 0.3 is 0 Å². The highest BCUT2D eigenvalue weighted by atomic mass is 16.3. The Kier molecular flexibility index (Phi) is 1.29. The molecule has 1 fully saturated rings. The number of aromatic amines is 1. The Hall–Kier alpha value is -0.830. The quantitative estimate of drug-likeness (QED) is 0.663. The Morgan fingerprint density at radius 1 is 1.73 bits per heavy atom. The Bertz CT molecular complexity index is 263. The summed E-state index contributed by atoms with van der Waals surface area (Å²) in [4.78, 5) is 7.31. The Labute approximate surface area is 65.5 Å². The number of imidazole rings is 1. The molecular formula is C8H12N2O. The predicted molar refractivity (Wildman–Crippen MR) is 41.1 cm³/mol. The normalized spacial score (nSPS) is 20.2. The fraction of sp³-hybridized carbons (Fsp3) is 0.625. The molecule has 1 saturated carbocycles. The first-order chi connectivity index (χ1) is 5.24. The summed E-state index contributed by atoms with van der Waals surface area (Å²) in [6.45, 7) is 2.25. The molecule has 0 aromatic carbocycles. The van der Waals surface area contributed by atoms with E-state index in [1.54, 1.807) is 6.20 Å².